The molecule has 112 valence electrons. The van der Waals surface area contributed by atoms with Crippen molar-refractivity contribution in [1.29, 1.82) is 0 Å². The number of rotatable bonds is 4. The van der Waals surface area contributed by atoms with Gasteiger partial charge in [0.25, 0.3) is 0 Å². The van der Waals surface area contributed by atoms with Crippen LogP contribution < -0.4 is 0 Å². The van der Waals surface area contributed by atoms with Crippen molar-refractivity contribution in [1.82, 2.24) is 0 Å². The second-order valence-electron chi connectivity index (χ2n) is 3.14. The van der Waals surface area contributed by atoms with Gasteiger partial charge in [-0.05, 0) is 6.92 Å². The molecule has 18 heavy (non-hydrogen) atoms. The molecule has 1 atom stereocenters. The molecule has 0 radical (unpaired) electrons. The molecular formula is C8H10F10. The summed E-state index contributed by atoms with van der Waals surface area (Å²) in [5.74, 6) is -4.50. The average molecular weight is 296 g/mol. The Hall–Kier alpha value is -0.700. The molecular weight excluding hydrogens is 286 g/mol. The molecule has 0 bridgehead atoms. The van der Waals surface area contributed by atoms with Crippen molar-refractivity contribution in [2.45, 2.75) is 50.9 Å². The standard InChI is InChI=1S/2C4H5F5/c1-2(5)4(8,9)3(6)7;5-3(6)1-2-4(7,8)9/h2-3H,1H3;3H,1-2H2. The van der Waals surface area contributed by atoms with Crippen LogP contribution in [-0.2, 0) is 0 Å². The first kappa shape index (κ1) is 19.6. The smallest absolute Gasteiger partial charge is 0.241 e. The molecule has 0 saturated carbocycles. The van der Waals surface area contributed by atoms with Crippen molar-refractivity contribution in [3.63, 3.8) is 0 Å². The number of halogens is 10. The maximum absolute atomic E-state index is 11.5. The highest BCUT2D eigenvalue weighted by Crippen LogP contribution is 2.28. The molecule has 0 fully saturated rings. The zero-order chi connectivity index (χ0) is 15.1. The summed E-state index contributed by atoms with van der Waals surface area (Å²) in [5.41, 5.74) is 0. The lowest BCUT2D eigenvalue weighted by atomic mass is 10.2. The second-order valence-corrected chi connectivity index (χ2v) is 3.14. The second kappa shape index (κ2) is 7.67. The number of alkyl halides is 10. The first-order valence-corrected chi connectivity index (χ1v) is 4.45. The lowest BCUT2D eigenvalue weighted by Gasteiger charge is -2.15. The van der Waals surface area contributed by atoms with Crippen LogP contribution in [0.3, 0.4) is 0 Å². The molecule has 0 aromatic rings. The van der Waals surface area contributed by atoms with E-state index in [0.29, 0.717) is 6.92 Å². The van der Waals surface area contributed by atoms with Gasteiger partial charge in [-0.3, -0.25) is 0 Å². The van der Waals surface area contributed by atoms with E-state index in [9.17, 15) is 43.9 Å². The van der Waals surface area contributed by atoms with E-state index in [0.717, 1.165) is 0 Å². The molecule has 0 aromatic carbocycles. The molecule has 0 aliphatic carbocycles. The van der Waals surface area contributed by atoms with Gasteiger partial charge in [-0.2, -0.15) is 22.0 Å². The summed E-state index contributed by atoms with van der Waals surface area (Å²) in [5, 5.41) is 0. The van der Waals surface area contributed by atoms with E-state index < -0.39 is 44.0 Å². The molecule has 0 aliphatic rings. The molecule has 0 aromatic heterocycles. The zero-order valence-electron chi connectivity index (χ0n) is 8.93. The third-order valence-corrected chi connectivity index (χ3v) is 1.47. The van der Waals surface area contributed by atoms with Gasteiger partial charge in [0.15, 0.2) is 6.17 Å². The molecule has 1 unspecified atom stereocenters. The lowest BCUT2D eigenvalue weighted by Crippen LogP contribution is -2.35. The van der Waals surface area contributed by atoms with Gasteiger partial charge in [-0.25, -0.2) is 22.0 Å². The molecule has 0 aliphatic heterocycles. The van der Waals surface area contributed by atoms with E-state index in [-0.39, 0.29) is 0 Å². The van der Waals surface area contributed by atoms with Crippen LogP contribution in [0.25, 0.3) is 0 Å². The predicted molar refractivity (Wildman–Crippen MR) is 42.8 cm³/mol. The van der Waals surface area contributed by atoms with E-state index in [1.54, 1.807) is 0 Å². The number of hydrogen-bond donors (Lipinski definition) is 0. The fraction of sp³-hybridized carbons (Fsp3) is 1.00. The summed E-state index contributed by atoms with van der Waals surface area (Å²) in [6.45, 7) is 0.395. The maximum Gasteiger partial charge on any atom is 0.389 e. The average Bonchev–Trinajstić information content (AvgIpc) is 2.14. The normalized spacial score (nSPS) is 14.5. The Morgan fingerprint density at radius 3 is 1.28 bits per heavy atom. The van der Waals surface area contributed by atoms with Gasteiger partial charge in [-0.1, -0.05) is 0 Å². The van der Waals surface area contributed by atoms with Crippen molar-refractivity contribution in [2.75, 3.05) is 0 Å². The van der Waals surface area contributed by atoms with Crippen molar-refractivity contribution in [3.05, 3.63) is 0 Å². The summed E-state index contributed by atoms with van der Waals surface area (Å²) >= 11 is 0. The first-order chi connectivity index (χ1) is 7.80. The Bertz CT molecular complexity index is 196. The minimum absolute atomic E-state index is 0.395. The van der Waals surface area contributed by atoms with Gasteiger partial charge in [0, 0.05) is 12.8 Å². The fourth-order valence-electron chi connectivity index (χ4n) is 0.446. The Kier molecular flexibility index (Phi) is 8.37. The molecule has 0 nitrogen and oxygen atoms in total. The SMILES string of the molecule is CC(F)C(F)(F)C(F)F.FC(F)CCC(F)(F)F. The Morgan fingerprint density at radius 2 is 1.22 bits per heavy atom. The summed E-state index contributed by atoms with van der Waals surface area (Å²) in [6.07, 6.45) is -16.5. The van der Waals surface area contributed by atoms with Gasteiger partial charge < -0.3 is 0 Å². The van der Waals surface area contributed by atoms with Gasteiger partial charge in [0.05, 0.1) is 0 Å². The summed E-state index contributed by atoms with van der Waals surface area (Å²) in [7, 11) is 0. The maximum atomic E-state index is 11.5. The first-order valence-electron chi connectivity index (χ1n) is 4.45. The Balaban J connectivity index is 0. The Labute approximate surface area is 96.0 Å². The minimum atomic E-state index is -4.50. The van der Waals surface area contributed by atoms with Crippen molar-refractivity contribution < 1.29 is 43.9 Å². The fourth-order valence-corrected chi connectivity index (χ4v) is 0.446. The van der Waals surface area contributed by atoms with Crippen LogP contribution in [0.1, 0.15) is 19.8 Å². The summed E-state index contributed by atoms with van der Waals surface area (Å²) < 4.78 is 112. The summed E-state index contributed by atoms with van der Waals surface area (Å²) in [6, 6.07) is 0. The topological polar surface area (TPSA) is 0 Å². The van der Waals surface area contributed by atoms with E-state index >= 15 is 0 Å². The highest BCUT2D eigenvalue weighted by Gasteiger charge is 2.46. The van der Waals surface area contributed by atoms with Crippen molar-refractivity contribution in [3.8, 4) is 0 Å². The van der Waals surface area contributed by atoms with Crippen molar-refractivity contribution >= 4 is 0 Å². The van der Waals surface area contributed by atoms with E-state index in [2.05, 4.69) is 0 Å². The van der Waals surface area contributed by atoms with Crippen LogP contribution in [-0.4, -0.2) is 31.1 Å². The Morgan fingerprint density at radius 1 is 0.833 bits per heavy atom. The van der Waals surface area contributed by atoms with Crippen LogP contribution in [0.2, 0.25) is 0 Å². The number of hydrogen-bond acceptors (Lipinski definition) is 0. The molecule has 0 amide bonds. The van der Waals surface area contributed by atoms with Crippen LogP contribution in [0.5, 0.6) is 0 Å². The van der Waals surface area contributed by atoms with E-state index in [1.165, 1.54) is 0 Å². The van der Waals surface area contributed by atoms with Gasteiger partial charge in [0.1, 0.15) is 0 Å². The summed E-state index contributed by atoms with van der Waals surface area (Å²) in [4.78, 5) is 0. The molecule has 0 saturated heterocycles. The zero-order valence-corrected chi connectivity index (χ0v) is 8.93. The largest absolute Gasteiger partial charge is 0.389 e. The minimum Gasteiger partial charge on any atom is -0.241 e. The highest BCUT2D eigenvalue weighted by molar-refractivity contribution is 4.75. The molecule has 0 heterocycles. The van der Waals surface area contributed by atoms with Crippen molar-refractivity contribution in [2.24, 2.45) is 0 Å². The van der Waals surface area contributed by atoms with Crippen LogP contribution >= 0.6 is 0 Å². The van der Waals surface area contributed by atoms with Crippen LogP contribution in [0, 0.1) is 0 Å². The molecule has 0 rings (SSSR count). The predicted octanol–water partition coefficient (Wildman–Crippen LogP) is 4.84. The van der Waals surface area contributed by atoms with E-state index in [4.69, 9.17) is 0 Å². The molecule has 0 N–H and O–H groups in total. The van der Waals surface area contributed by atoms with E-state index in [1.807, 2.05) is 0 Å². The quantitative estimate of drug-likeness (QED) is 0.651. The molecule has 10 heteroatoms. The third kappa shape index (κ3) is 10.5. The third-order valence-electron chi connectivity index (χ3n) is 1.47. The van der Waals surface area contributed by atoms with Gasteiger partial charge in [-0.15, -0.1) is 0 Å². The van der Waals surface area contributed by atoms with Gasteiger partial charge >= 0.3 is 18.5 Å². The van der Waals surface area contributed by atoms with Crippen LogP contribution in [0.4, 0.5) is 43.9 Å². The van der Waals surface area contributed by atoms with Crippen LogP contribution in [0.15, 0.2) is 0 Å². The molecule has 0 spiro atoms. The lowest BCUT2D eigenvalue weighted by molar-refractivity contribution is -0.165. The monoisotopic (exact) mass is 296 g/mol. The van der Waals surface area contributed by atoms with Gasteiger partial charge in [0.2, 0.25) is 6.43 Å². The highest BCUT2D eigenvalue weighted by atomic mass is 19.4.